The van der Waals surface area contributed by atoms with E-state index in [1.165, 1.54) is 11.3 Å². The number of para-hydroxylation sites is 1. The number of hydrogen-bond acceptors (Lipinski definition) is 7. The van der Waals surface area contributed by atoms with Gasteiger partial charge in [-0.3, -0.25) is 24.2 Å². The molecule has 3 amide bonds. The molecule has 1 aliphatic rings. The summed E-state index contributed by atoms with van der Waals surface area (Å²) >= 11 is 1.28. The second-order valence-electron chi connectivity index (χ2n) is 10.8. The largest absolute Gasteiger partial charge is 0.370 e. The van der Waals surface area contributed by atoms with E-state index in [-0.39, 0.29) is 30.9 Å². The fraction of sp³-hybridized carbons (Fsp3) is 0.600. The first-order chi connectivity index (χ1) is 20.2. The van der Waals surface area contributed by atoms with Crippen molar-refractivity contribution in [1.82, 2.24) is 20.5 Å². The van der Waals surface area contributed by atoms with Crippen LogP contribution in [-0.4, -0.2) is 70.6 Å². The number of guanidine groups is 1. The maximum Gasteiger partial charge on any atom is 0.245 e. The number of likely N-dealkylation sites (tertiary alicyclic amines) is 1. The molecular formula is C30H47N7O4S. The number of aromatic nitrogens is 1. The molecule has 1 aromatic carbocycles. The van der Waals surface area contributed by atoms with Crippen LogP contribution in [0.5, 0.6) is 0 Å². The number of fused-ring (bicyclic) bond motifs is 1. The van der Waals surface area contributed by atoms with Gasteiger partial charge in [0.05, 0.1) is 16.3 Å². The molecule has 0 radical (unpaired) electrons. The van der Waals surface area contributed by atoms with Crippen LogP contribution in [0.1, 0.15) is 89.8 Å². The van der Waals surface area contributed by atoms with E-state index in [1.807, 2.05) is 45.0 Å². The zero-order chi connectivity index (χ0) is 30.6. The van der Waals surface area contributed by atoms with E-state index in [1.54, 1.807) is 4.90 Å². The van der Waals surface area contributed by atoms with Gasteiger partial charge >= 0.3 is 0 Å². The number of ketones is 1. The lowest BCUT2D eigenvalue weighted by Gasteiger charge is -2.30. The van der Waals surface area contributed by atoms with Gasteiger partial charge in [0.15, 0.2) is 11.0 Å². The zero-order valence-electron chi connectivity index (χ0n) is 24.9. The SMILES string of the molecule is CCCC(CCC)C(=O)N[C@@H](CC)C(=O)N1CCC[C@H]1C(=O)N[C@@H](CCCN=C(N)N)C(=O)c1nc2ccccc2s1.[HH]. The second kappa shape index (κ2) is 16.2. The predicted octanol–water partition coefficient (Wildman–Crippen LogP) is 3.37. The Morgan fingerprint density at radius 3 is 2.43 bits per heavy atom. The molecule has 0 saturated carbocycles. The Balaban J connectivity index is 0.00000645. The van der Waals surface area contributed by atoms with E-state index in [4.69, 9.17) is 11.5 Å². The van der Waals surface area contributed by atoms with Crippen molar-refractivity contribution in [2.45, 2.75) is 96.7 Å². The van der Waals surface area contributed by atoms with Gasteiger partial charge in [-0.05, 0) is 57.1 Å². The molecule has 11 nitrogen and oxygen atoms in total. The summed E-state index contributed by atoms with van der Waals surface area (Å²) in [6.45, 7) is 6.66. The van der Waals surface area contributed by atoms with Crippen LogP contribution in [0.3, 0.4) is 0 Å². The third-order valence-corrected chi connectivity index (χ3v) is 8.64. The van der Waals surface area contributed by atoms with E-state index >= 15 is 0 Å². The third-order valence-electron chi connectivity index (χ3n) is 7.59. The predicted molar refractivity (Wildman–Crippen MR) is 168 cm³/mol. The van der Waals surface area contributed by atoms with E-state index in [0.29, 0.717) is 50.2 Å². The van der Waals surface area contributed by atoms with Crippen LogP contribution in [0.15, 0.2) is 29.3 Å². The average molecular weight is 602 g/mol. The molecule has 1 fully saturated rings. The fourth-order valence-corrected chi connectivity index (χ4v) is 6.36. The minimum Gasteiger partial charge on any atom is -0.370 e. The minimum absolute atomic E-state index is 0. The smallest absolute Gasteiger partial charge is 0.245 e. The van der Waals surface area contributed by atoms with Crippen LogP contribution >= 0.6 is 11.3 Å². The summed E-state index contributed by atoms with van der Waals surface area (Å²) in [6.07, 6.45) is 5.65. The van der Waals surface area contributed by atoms with Crippen LogP contribution < -0.4 is 22.1 Å². The summed E-state index contributed by atoms with van der Waals surface area (Å²) in [5, 5.41) is 6.17. The summed E-state index contributed by atoms with van der Waals surface area (Å²) in [6, 6.07) is 5.19. The maximum absolute atomic E-state index is 13.6. The molecule has 0 spiro atoms. The lowest BCUT2D eigenvalue weighted by molar-refractivity contribution is -0.142. The number of nitrogens with one attached hydrogen (secondary N) is 2. The van der Waals surface area contributed by atoms with Gasteiger partial charge in [0, 0.05) is 20.4 Å². The first kappa shape index (κ1) is 33.0. The molecule has 3 atom stereocenters. The number of benzene rings is 1. The number of Topliss-reactive ketones (excluding diaryl/α,β-unsaturated/α-hetero) is 1. The molecule has 0 bridgehead atoms. The van der Waals surface area contributed by atoms with Crippen molar-refractivity contribution < 1.29 is 20.6 Å². The Kier molecular flexibility index (Phi) is 12.7. The first-order valence-electron chi connectivity index (χ1n) is 15.1. The zero-order valence-corrected chi connectivity index (χ0v) is 25.8. The Morgan fingerprint density at radius 2 is 1.79 bits per heavy atom. The molecule has 0 unspecified atom stereocenters. The number of hydrogen-bond donors (Lipinski definition) is 4. The van der Waals surface area contributed by atoms with Crippen molar-refractivity contribution in [2.24, 2.45) is 22.4 Å². The van der Waals surface area contributed by atoms with Crippen molar-refractivity contribution in [3.63, 3.8) is 0 Å². The van der Waals surface area contributed by atoms with Gasteiger partial charge in [0.2, 0.25) is 23.5 Å². The van der Waals surface area contributed by atoms with E-state index in [0.717, 1.165) is 35.9 Å². The summed E-state index contributed by atoms with van der Waals surface area (Å²) in [5.41, 5.74) is 11.6. The van der Waals surface area contributed by atoms with Crippen molar-refractivity contribution in [3.8, 4) is 0 Å². The Hall–Kier alpha value is -3.54. The summed E-state index contributed by atoms with van der Waals surface area (Å²) in [5.74, 6) is -1.23. The summed E-state index contributed by atoms with van der Waals surface area (Å²) < 4.78 is 0.881. The number of carbonyl (C=O) groups excluding carboxylic acids is 4. The van der Waals surface area contributed by atoms with Gasteiger partial charge in [-0.2, -0.15) is 0 Å². The van der Waals surface area contributed by atoms with Crippen LogP contribution in [0.25, 0.3) is 10.2 Å². The maximum atomic E-state index is 13.6. The minimum atomic E-state index is -0.852. The van der Waals surface area contributed by atoms with Crippen molar-refractivity contribution in [1.29, 1.82) is 0 Å². The van der Waals surface area contributed by atoms with Crippen LogP contribution in [-0.2, 0) is 14.4 Å². The number of nitrogens with two attached hydrogens (primary N) is 2. The van der Waals surface area contributed by atoms with Gasteiger partial charge < -0.3 is 27.0 Å². The fourth-order valence-electron chi connectivity index (χ4n) is 5.40. The summed E-state index contributed by atoms with van der Waals surface area (Å²) in [4.78, 5) is 63.8. The van der Waals surface area contributed by atoms with Crippen molar-refractivity contribution >= 4 is 51.0 Å². The molecular weight excluding hydrogens is 554 g/mol. The van der Waals surface area contributed by atoms with Gasteiger partial charge in [0.25, 0.3) is 0 Å². The molecule has 0 aliphatic carbocycles. The first-order valence-corrected chi connectivity index (χ1v) is 15.9. The number of aliphatic imine (C=N–C) groups is 1. The third kappa shape index (κ3) is 8.73. The average Bonchev–Trinajstić information content (AvgIpc) is 3.64. The van der Waals surface area contributed by atoms with E-state index in [9.17, 15) is 19.2 Å². The number of thiazole rings is 1. The molecule has 1 aliphatic heterocycles. The van der Waals surface area contributed by atoms with E-state index in [2.05, 4.69) is 20.6 Å². The monoisotopic (exact) mass is 601 g/mol. The standard InChI is InChI=1S/C30H45N7O4S.H2/c1-4-11-19(12-5-2)26(39)34-20(6-3)29(41)37-18-10-15-23(37)27(40)35-22(14-9-17-33-30(31)32)25(38)28-36-21-13-7-8-16-24(21)42-28;/h7-8,13,16,19-20,22-23H,4-6,9-12,14-15,17-18H2,1-3H3,(H,34,39)(H,35,40)(H4,31,32,33);1H/t20-,22-,23-;/m0./s1. The van der Waals surface area contributed by atoms with Gasteiger partial charge in [-0.25, -0.2) is 4.98 Å². The molecule has 1 saturated heterocycles. The van der Waals surface area contributed by atoms with Crippen molar-refractivity contribution in [3.05, 3.63) is 29.3 Å². The Bertz CT molecular complexity index is 1230. The number of rotatable bonds is 16. The highest BCUT2D eigenvalue weighted by Gasteiger charge is 2.39. The quantitative estimate of drug-likeness (QED) is 0.0988. The molecule has 6 N–H and O–H groups in total. The van der Waals surface area contributed by atoms with Gasteiger partial charge in [-0.1, -0.05) is 45.7 Å². The van der Waals surface area contributed by atoms with Gasteiger partial charge in [-0.15, -0.1) is 11.3 Å². The molecule has 1 aromatic heterocycles. The lowest BCUT2D eigenvalue weighted by Crippen LogP contribution is -2.55. The van der Waals surface area contributed by atoms with Crippen LogP contribution in [0.4, 0.5) is 0 Å². The van der Waals surface area contributed by atoms with Crippen LogP contribution in [0.2, 0.25) is 0 Å². The topological polar surface area (TPSA) is 173 Å². The van der Waals surface area contributed by atoms with E-state index < -0.39 is 24.0 Å². The molecule has 3 rings (SSSR count). The lowest BCUT2D eigenvalue weighted by atomic mass is 9.96. The Labute approximate surface area is 253 Å². The molecule has 2 aromatic rings. The molecule has 42 heavy (non-hydrogen) atoms. The normalized spacial score (nSPS) is 16.3. The van der Waals surface area contributed by atoms with Crippen molar-refractivity contribution in [2.75, 3.05) is 13.1 Å². The number of carbonyl (C=O) groups is 4. The summed E-state index contributed by atoms with van der Waals surface area (Å²) in [7, 11) is 0. The molecule has 12 heteroatoms. The Morgan fingerprint density at radius 1 is 1.07 bits per heavy atom. The highest BCUT2D eigenvalue weighted by Crippen LogP contribution is 2.25. The number of amides is 3. The number of nitrogens with zero attached hydrogens (tertiary/aromatic N) is 3. The molecule has 232 valence electrons. The molecule has 2 heterocycles. The highest BCUT2D eigenvalue weighted by atomic mass is 32.1. The highest BCUT2D eigenvalue weighted by molar-refractivity contribution is 7.20. The van der Waals surface area contributed by atoms with Gasteiger partial charge in [0.1, 0.15) is 12.1 Å². The second-order valence-corrected chi connectivity index (χ2v) is 11.8. The van der Waals surface area contributed by atoms with Crippen LogP contribution in [0, 0.1) is 5.92 Å².